The molecule has 1 rings (SSSR count). The van der Waals surface area contributed by atoms with Gasteiger partial charge in [-0.2, -0.15) is 0 Å². The van der Waals surface area contributed by atoms with Gasteiger partial charge in [-0.15, -0.1) is 0 Å². The highest BCUT2D eigenvalue weighted by Crippen LogP contribution is 2.21. The van der Waals surface area contributed by atoms with Crippen molar-refractivity contribution < 1.29 is 0 Å². The predicted molar refractivity (Wildman–Crippen MR) is 62.9 cm³/mol. The van der Waals surface area contributed by atoms with E-state index in [1.807, 2.05) is 25.2 Å². The fraction of sp³-hybridized carbons (Fsp3) is 0.231. The van der Waals surface area contributed by atoms with Crippen LogP contribution in [0.25, 0.3) is 0 Å². The minimum Gasteiger partial charge on any atom is -0.370 e. The Hall–Kier alpha value is -1.50. The quantitative estimate of drug-likeness (QED) is 0.656. The highest BCUT2D eigenvalue weighted by Gasteiger charge is 2.11. The molecule has 1 heteroatoms. The fourth-order valence-corrected chi connectivity index (χ4v) is 1.61. The summed E-state index contributed by atoms with van der Waals surface area (Å²) in [6, 6.07) is 0. The second-order valence-corrected chi connectivity index (χ2v) is 3.32. The van der Waals surface area contributed by atoms with Crippen molar-refractivity contribution in [3.8, 4) is 0 Å². The second-order valence-electron chi connectivity index (χ2n) is 3.32. The first-order chi connectivity index (χ1) is 6.72. The molecule has 0 aliphatic carbocycles. The summed E-state index contributed by atoms with van der Waals surface area (Å²) >= 11 is 0. The Morgan fingerprint density at radius 2 is 2.07 bits per heavy atom. The summed E-state index contributed by atoms with van der Waals surface area (Å²) in [6.07, 6.45) is 10.1. The van der Waals surface area contributed by atoms with Gasteiger partial charge in [-0.1, -0.05) is 31.4 Å². The topological polar surface area (TPSA) is 3.24 Å². The van der Waals surface area contributed by atoms with Gasteiger partial charge in [0.25, 0.3) is 0 Å². The molecule has 0 aromatic carbocycles. The molecule has 74 valence electrons. The molecule has 0 unspecified atom stereocenters. The monoisotopic (exact) mass is 187 g/mol. The van der Waals surface area contributed by atoms with E-state index in [1.54, 1.807) is 0 Å². The van der Waals surface area contributed by atoms with Crippen molar-refractivity contribution in [1.82, 2.24) is 4.90 Å². The van der Waals surface area contributed by atoms with Gasteiger partial charge in [0.15, 0.2) is 0 Å². The first kappa shape index (κ1) is 10.6. The molecular weight excluding hydrogens is 170 g/mol. The Labute approximate surface area is 86.4 Å². The van der Waals surface area contributed by atoms with E-state index >= 15 is 0 Å². The summed E-state index contributed by atoms with van der Waals surface area (Å²) in [5.74, 6) is 0. The average Bonchev–Trinajstić information content (AvgIpc) is 2.18. The Balaban J connectivity index is 3.17. The van der Waals surface area contributed by atoms with E-state index in [2.05, 4.69) is 37.3 Å². The molecule has 0 N–H and O–H groups in total. The largest absolute Gasteiger partial charge is 0.370 e. The maximum atomic E-state index is 3.83. The van der Waals surface area contributed by atoms with Gasteiger partial charge in [0.1, 0.15) is 0 Å². The third-order valence-corrected chi connectivity index (χ3v) is 2.27. The van der Waals surface area contributed by atoms with Crippen LogP contribution in [0, 0.1) is 0 Å². The van der Waals surface area contributed by atoms with Crippen LogP contribution in [-0.2, 0) is 0 Å². The highest BCUT2D eigenvalue weighted by molar-refractivity contribution is 5.46. The van der Waals surface area contributed by atoms with Gasteiger partial charge in [0.2, 0.25) is 0 Å². The normalized spacial score (nSPS) is 17.3. The van der Waals surface area contributed by atoms with E-state index in [9.17, 15) is 0 Å². The van der Waals surface area contributed by atoms with Gasteiger partial charge in [-0.05, 0) is 30.2 Å². The molecule has 0 radical (unpaired) electrons. The van der Waals surface area contributed by atoms with Crippen molar-refractivity contribution in [2.24, 2.45) is 0 Å². The van der Waals surface area contributed by atoms with E-state index in [0.29, 0.717) is 0 Å². The molecular formula is C13H17N. The molecule has 1 heterocycles. The minimum absolute atomic E-state index is 0.909. The number of allylic oxidation sites excluding steroid dienone is 5. The zero-order chi connectivity index (χ0) is 10.6. The second kappa shape index (κ2) is 4.66. The maximum Gasteiger partial charge on any atom is 0.0434 e. The van der Waals surface area contributed by atoms with E-state index < -0.39 is 0 Å². The van der Waals surface area contributed by atoms with Crippen LogP contribution in [0.3, 0.4) is 0 Å². The maximum absolute atomic E-state index is 3.83. The molecule has 0 atom stereocenters. The molecule has 0 aromatic rings. The SMILES string of the molecule is C=CC1=CC(/C=C\C)=C(C=C)N(C)C1. The number of nitrogens with zero attached hydrogens (tertiary/aromatic N) is 1. The molecule has 1 nitrogen and oxygen atoms in total. The van der Waals surface area contributed by atoms with Crippen molar-refractivity contribution in [3.05, 3.63) is 60.4 Å². The summed E-state index contributed by atoms with van der Waals surface area (Å²) in [5.41, 5.74) is 3.62. The third-order valence-electron chi connectivity index (χ3n) is 2.27. The number of rotatable bonds is 3. The van der Waals surface area contributed by atoms with Gasteiger partial charge < -0.3 is 4.90 Å². The summed E-state index contributed by atoms with van der Waals surface area (Å²) in [6.45, 7) is 10.6. The summed E-state index contributed by atoms with van der Waals surface area (Å²) < 4.78 is 0. The fourth-order valence-electron chi connectivity index (χ4n) is 1.61. The molecule has 0 bridgehead atoms. The molecule has 0 amide bonds. The van der Waals surface area contributed by atoms with Crippen molar-refractivity contribution in [2.75, 3.05) is 13.6 Å². The Bertz CT molecular complexity index is 329. The highest BCUT2D eigenvalue weighted by atomic mass is 15.1. The van der Waals surface area contributed by atoms with E-state index in [-0.39, 0.29) is 0 Å². The van der Waals surface area contributed by atoms with Crippen LogP contribution in [-0.4, -0.2) is 18.5 Å². The lowest BCUT2D eigenvalue weighted by molar-refractivity contribution is 0.463. The average molecular weight is 187 g/mol. The number of likely N-dealkylation sites (N-methyl/N-ethyl adjacent to an activating group) is 1. The summed E-state index contributed by atoms with van der Waals surface area (Å²) in [4.78, 5) is 2.18. The summed E-state index contributed by atoms with van der Waals surface area (Å²) in [7, 11) is 2.07. The van der Waals surface area contributed by atoms with Crippen LogP contribution in [0.1, 0.15) is 6.92 Å². The van der Waals surface area contributed by atoms with E-state index in [1.165, 1.54) is 16.8 Å². The Morgan fingerprint density at radius 1 is 1.36 bits per heavy atom. The number of hydrogen-bond acceptors (Lipinski definition) is 1. The molecule has 14 heavy (non-hydrogen) atoms. The molecule has 1 aliphatic rings. The van der Waals surface area contributed by atoms with Crippen LogP contribution in [0.4, 0.5) is 0 Å². The standard InChI is InChI=1S/C13H17N/c1-5-8-12-9-11(6-2)10-14(4)13(12)7-3/h5-9H,2-3,10H2,1,4H3/b8-5-. The minimum atomic E-state index is 0.909. The lowest BCUT2D eigenvalue weighted by Gasteiger charge is -2.26. The first-order valence-corrected chi connectivity index (χ1v) is 4.76. The van der Waals surface area contributed by atoms with E-state index in [4.69, 9.17) is 0 Å². The smallest absolute Gasteiger partial charge is 0.0434 e. The molecule has 0 aromatic heterocycles. The van der Waals surface area contributed by atoms with E-state index in [0.717, 1.165) is 6.54 Å². The number of hydrogen-bond donors (Lipinski definition) is 0. The van der Waals surface area contributed by atoms with Gasteiger partial charge in [0.05, 0.1) is 0 Å². The molecule has 0 spiro atoms. The zero-order valence-electron chi connectivity index (χ0n) is 8.96. The van der Waals surface area contributed by atoms with Crippen LogP contribution in [0.5, 0.6) is 0 Å². The van der Waals surface area contributed by atoms with Gasteiger partial charge in [-0.25, -0.2) is 0 Å². The molecule has 0 fully saturated rings. The van der Waals surface area contributed by atoms with Gasteiger partial charge in [-0.3, -0.25) is 0 Å². The summed E-state index contributed by atoms with van der Waals surface area (Å²) in [5, 5.41) is 0. The first-order valence-electron chi connectivity index (χ1n) is 4.76. The molecule has 1 aliphatic heterocycles. The van der Waals surface area contributed by atoms with Crippen LogP contribution in [0.15, 0.2) is 60.4 Å². The van der Waals surface area contributed by atoms with Crippen LogP contribution in [0.2, 0.25) is 0 Å². The van der Waals surface area contributed by atoms with Crippen molar-refractivity contribution in [1.29, 1.82) is 0 Å². The van der Waals surface area contributed by atoms with Gasteiger partial charge in [0, 0.05) is 19.3 Å². The lowest BCUT2D eigenvalue weighted by atomic mass is 10.0. The predicted octanol–water partition coefficient (Wildman–Crippen LogP) is 3.06. The lowest BCUT2D eigenvalue weighted by Crippen LogP contribution is -2.23. The van der Waals surface area contributed by atoms with Crippen molar-refractivity contribution >= 4 is 0 Å². The van der Waals surface area contributed by atoms with Gasteiger partial charge >= 0.3 is 0 Å². The Morgan fingerprint density at radius 3 is 2.57 bits per heavy atom. The third kappa shape index (κ3) is 2.05. The van der Waals surface area contributed by atoms with Crippen molar-refractivity contribution in [3.63, 3.8) is 0 Å². The Kier molecular flexibility index (Phi) is 3.52. The van der Waals surface area contributed by atoms with Crippen LogP contribution < -0.4 is 0 Å². The molecule has 0 saturated carbocycles. The van der Waals surface area contributed by atoms with Crippen molar-refractivity contribution in [2.45, 2.75) is 6.92 Å². The van der Waals surface area contributed by atoms with Crippen LogP contribution >= 0.6 is 0 Å². The molecule has 0 saturated heterocycles. The zero-order valence-corrected chi connectivity index (χ0v) is 8.96.